The second-order valence-corrected chi connectivity index (χ2v) is 5.75. The molecule has 0 unspecified atom stereocenters. The smallest absolute Gasteiger partial charge is 0.418 e. The molecule has 122 valence electrons. The van der Waals surface area contributed by atoms with Crippen LogP contribution in [-0.4, -0.2) is 16.1 Å². The van der Waals surface area contributed by atoms with Crippen molar-refractivity contribution in [2.75, 3.05) is 0 Å². The Hall–Kier alpha value is -1.50. The highest BCUT2D eigenvalue weighted by molar-refractivity contribution is 6.44. The quantitative estimate of drug-likeness (QED) is 0.725. The highest BCUT2D eigenvalue weighted by Crippen LogP contribution is 2.38. The molecule has 0 fully saturated rings. The third-order valence-electron chi connectivity index (χ3n) is 2.92. The summed E-state index contributed by atoms with van der Waals surface area (Å²) in [5.41, 5.74) is -1.46. The van der Waals surface area contributed by atoms with Gasteiger partial charge in [-0.2, -0.15) is 13.2 Å². The molecule has 0 bridgehead atoms. The van der Waals surface area contributed by atoms with Crippen molar-refractivity contribution < 1.29 is 23.1 Å². The fourth-order valence-corrected chi connectivity index (χ4v) is 2.57. The number of aliphatic carboxylic acids is 1. The largest absolute Gasteiger partial charge is 0.481 e. The summed E-state index contributed by atoms with van der Waals surface area (Å²) in [7, 11) is 0. The second kappa shape index (κ2) is 6.55. The Balaban J connectivity index is 2.62. The topological polar surface area (TPSA) is 50.2 Å². The molecule has 0 radical (unpaired) electrons. The van der Waals surface area contributed by atoms with Crippen LogP contribution in [-0.2, 0) is 17.4 Å². The van der Waals surface area contributed by atoms with Crippen LogP contribution in [0.3, 0.4) is 0 Å². The normalized spacial score (nSPS) is 11.6. The van der Waals surface area contributed by atoms with Crippen LogP contribution in [0.4, 0.5) is 13.2 Å². The third kappa shape index (κ3) is 4.07. The fraction of sp³-hybridized carbons (Fsp3) is 0.143. The van der Waals surface area contributed by atoms with Gasteiger partial charge in [0, 0.05) is 17.3 Å². The summed E-state index contributed by atoms with van der Waals surface area (Å²) in [5.74, 6) is -1.41. The van der Waals surface area contributed by atoms with Crippen LogP contribution < -0.4 is 0 Å². The van der Waals surface area contributed by atoms with E-state index in [-0.39, 0.29) is 26.2 Å². The molecular weight excluding hydrogens is 378 g/mol. The zero-order valence-corrected chi connectivity index (χ0v) is 13.4. The Kier molecular flexibility index (Phi) is 5.08. The van der Waals surface area contributed by atoms with E-state index in [4.69, 9.17) is 39.9 Å². The molecule has 2 aromatic rings. The first-order chi connectivity index (χ1) is 10.6. The van der Waals surface area contributed by atoms with E-state index in [0.29, 0.717) is 0 Å². The van der Waals surface area contributed by atoms with Gasteiger partial charge < -0.3 is 5.11 Å². The van der Waals surface area contributed by atoms with Gasteiger partial charge in [-0.15, -0.1) is 0 Å². The van der Waals surface area contributed by atoms with E-state index in [1.165, 1.54) is 12.1 Å². The van der Waals surface area contributed by atoms with E-state index in [1.807, 2.05) is 0 Å². The zero-order chi connectivity index (χ0) is 17.4. The van der Waals surface area contributed by atoms with Crippen LogP contribution >= 0.6 is 34.8 Å². The number of benzene rings is 1. The van der Waals surface area contributed by atoms with Gasteiger partial charge in [0.2, 0.25) is 0 Å². The first-order valence-electron chi connectivity index (χ1n) is 6.02. The number of hydrogen-bond donors (Lipinski definition) is 1. The minimum Gasteiger partial charge on any atom is -0.481 e. The number of aromatic nitrogens is 1. The van der Waals surface area contributed by atoms with Gasteiger partial charge in [-0.05, 0) is 18.2 Å². The Morgan fingerprint density at radius 3 is 2.26 bits per heavy atom. The maximum absolute atomic E-state index is 13.1. The number of hydrogen-bond acceptors (Lipinski definition) is 2. The molecule has 0 aliphatic rings. The summed E-state index contributed by atoms with van der Waals surface area (Å²) in [6.07, 6.45) is -4.49. The Bertz CT molecular complexity index is 779. The molecule has 1 N–H and O–H groups in total. The molecule has 0 aliphatic carbocycles. The monoisotopic (exact) mass is 383 g/mol. The SMILES string of the molecule is O=C(O)Cc1ncc(-c2cc(Cl)c(Cl)cc2Cl)cc1C(F)(F)F. The first kappa shape index (κ1) is 17.8. The lowest BCUT2D eigenvalue weighted by Crippen LogP contribution is -2.14. The Morgan fingerprint density at radius 1 is 1.09 bits per heavy atom. The van der Waals surface area contributed by atoms with Crippen molar-refractivity contribution in [2.45, 2.75) is 12.6 Å². The highest BCUT2D eigenvalue weighted by atomic mass is 35.5. The maximum Gasteiger partial charge on any atom is 0.418 e. The van der Waals surface area contributed by atoms with E-state index in [2.05, 4.69) is 4.98 Å². The van der Waals surface area contributed by atoms with Crippen molar-refractivity contribution >= 4 is 40.8 Å². The molecular formula is C14H7Cl3F3NO2. The Labute approximate surface area is 143 Å². The molecule has 1 aromatic carbocycles. The van der Waals surface area contributed by atoms with Gasteiger partial charge in [-0.1, -0.05) is 34.8 Å². The predicted octanol–water partition coefficient (Wildman–Crippen LogP) is 5.35. The average molecular weight is 385 g/mol. The minimum atomic E-state index is -4.75. The molecule has 0 saturated heterocycles. The third-order valence-corrected chi connectivity index (χ3v) is 3.95. The number of carboxylic acid groups (broad SMARTS) is 1. The molecule has 0 aliphatic heterocycles. The van der Waals surface area contributed by atoms with Crippen molar-refractivity contribution in [3.05, 3.63) is 50.7 Å². The van der Waals surface area contributed by atoms with Crippen LogP contribution in [0.25, 0.3) is 11.1 Å². The molecule has 0 atom stereocenters. The van der Waals surface area contributed by atoms with Gasteiger partial charge in [0.15, 0.2) is 0 Å². The summed E-state index contributed by atoms with van der Waals surface area (Å²) in [6.45, 7) is 0. The summed E-state index contributed by atoms with van der Waals surface area (Å²) in [4.78, 5) is 14.3. The second-order valence-electron chi connectivity index (χ2n) is 4.53. The fourth-order valence-electron chi connectivity index (χ4n) is 1.91. The van der Waals surface area contributed by atoms with E-state index >= 15 is 0 Å². The molecule has 3 nitrogen and oxygen atoms in total. The van der Waals surface area contributed by atoms with Crippen LogP contribution in [0.1, 0.15) is 11.3 Å². The number of carbonyl (C=O) groups is 1. The van der Waals surface area contributed by atoms with Gasteiger partial charge in [0.1, 0.15) is 0 Å². The van der Waals surface area contributed by atoms with E-state index in [1.54, 1.807) is 0 Å². The molecule has 9 heteroatoms. The lowest BCUT2D eigenvalue weighted by Gasteiger charge is -2.14. The highest BCUT2D eigenvalue weighted by Gasteiger charge is 2.35. The average Bonchev–Trinajstić information content (AvgIpc) is 2.41. The number of carboxylic acids is 1. The predicted molar refractivity (Wildman–Crippen MR) is 81.0 cm³/mol. The van der Waals surface area contributed by atoms with Gasteiger partial charge in [-0.3, -0.25) is 9.78 Å². The molecule has 1 heterocycles. The molecule has 0 saturated carbocycles. The number of rotatable bonds is 3. The number of alkyl halides is 3. The summed E-state index contributed by atoms with van der Waals surface area (Å²) < 4.78 is 39.4. The minimum absolute atomic E-state index is 0.0510. The lowest BCUT2D eigenvalue weighted by molar-refractivity contribution is -0.140. The molecule has 0 spiro atoms. The molecule has 23 heavy (non-hydrogen) atoms. The Morgan fingerprint density at radius 2 is 1.70 bits per heavy atom. The van der Waals surface area contributed by atoms with E-state index < -0.39 is 29.8 Å². The van der Waals surface area contributed by atoms with Crippen molar-refractivity contribution in [1.29, 1.82) is 0 Å². The first-order valence-corrected chi connectivity index (χ1v) is 7.16. The van der Waals surface area contributed by atoms with Gasteiger partial charge in [0.05, 0.1) is 32.7 Å². The molecule has 1 aromatic heterocycles. The standard InChI is InChI=1S/C14H7Cl3F3NO2/c15-9-3-11(17)10(16)2-7(9)6-1-8(14(18,19)20)12(21-5-6)4-13(22)23/h1-3,5H,4H2,(H,22,23). The summed E-state index contributed by atoms with van der Waals surface area (Å²) in [5, 5.41) is 9.07. The maximum atomic E-state index is 13.1. The van der Waals surface area contributed by atoms with Crippen LogP contribution in [0, 0.1) is 0 Å². The van der Waals surface area contributed by atoms with E-state index in [9.17, 15) is 18.0 Å². The van der Waals surface area contributed by atoms with Crippen LogP contribution in [0.15, 0.2) is 24.4 Å². The summed E-state index contributed by atoms with van der Waals surface area (Å²) >= 11 is 17.6. The van der Waals surface area contributed by atoms with Crippen molar-refractivity contribution in [2.24, 2.45) is 0 Å². The van der Waals surface area contributed by atoms with Crippen molar-refractivity contribution in [3.63, 3.8) is 0 Å². The van der Waals surface area contributed by atoms with Gasteiger partial charge in [0.25, 0.3) is 0 Å². The molecule has 2 rings (SSSR count). The molecule has 0 amide bonds. The van der Waals surface area contributed by atoms with Gasteiger partial charge >= 0.3 is 12.1 Å². The lowest BCUT2D eigenvalue weighted by atomic mass is 10.0. The zero-order valence-electron chi connectivity index (χ0n) is 11.1. The summed E-state index contributed by atoms with van der Waals surface area (Å²) in [6, 6.07) is 3.41. The van der Waals surface area contributed by atoms with Crippen LogP contribution in [0.2, 0.25) is 15.1 Å². The van der Waals surface area contributed by atoms with Crippen molar-refractivity contribution in [3.8, 4) is 11.1 Å². The van der Waals surface area contributed by atoms with Crippen LogP contribution in [0.5, 0.6) is 0 Å². The van der Waals surface area contributed by atoms with Gasteiger partial charge in [-0.25, -0.2) is 0 Å². The van der Waals surface area contributed by atoms with E-state index in [0.717, 1.165) is 12.3 Å². The number of pyridine rings is 1. The number of nitrogens with zero attached hydrogens (tertiary/aromatic N) is 1. The number of halogens is 6. The van der Waals surface area contributed by atoms with Crippen molar-refractivity contribution in [1.82, 2.24) is 4.98 Å².